The standard InChI is InChI=1S/C18H28N2O3/c1-12-8-13(9-12)17(21)20-10-15(14-4-7-23-16(14)11-20)18(22)19-5-2-3-6-19/h12-16H,2-11H2,1H3/t12?,13?,14-,15+,16+/m0/s1. The monoisotopic (exact) mass is 320 g/mol. The minimum Gasteiger partial charge on any atom is -0.376 e. The Hall–Kier alpha value is -1.10. The zero-order valence-corrected chi connectivity index (χ0v) is 14.1. The van der Waals surface area contributed by atoms with Gasteiger partial charge >= 0.3 is 0 Å². The molecule has 0 aromatic carbocycles. The van der Waals surface area contributed by atoms with Crippen LogP contribution in [0.5, 0.6) is 0 Å². The lowest BCUT2D eigenvalue weighted by atomic mass is 9.74. The molecule has 0 spiro atoms. The summed E-state index contributed by atoms with van der Waals surface area (Å²) in [6.07, 6.45) is 5.29. The Bertz CT molecular complexity index is 483. The summed E-state index contributed by atoms with van der Waals surface area (Å²) in [7, 11) is 0. The highest BCUT2D eigenvalue weighted by Crippen LogP contribution is 2.39. The predicted octanol–water partition coefficient (Wildman–Crippen LogP) is 1.52. The molecule has 0 aromatic rings. The Balaban J connectivity index is 1.47. The molecule has 128 valence electrons. The van der Waals surface area contributed by atoms with E-state index in [0.717, 1.165) is 51.8 Å². The molecule has 0 unspecified atom stereocenters. The average Bonchev–Trinajstić information content (AvgIpc) is 3.20. The SMILES string of the molecule is CC1CC(C(=O)N2C[C@H]3OCC[C@H]3[C@H](C(=O)N3CCCC3)C2)C1. The molecule has 3 aliphatic heterocycles. The number of hydrogen-bond donors (Lipinski definition) is 0. The molecule has 3 saturated heterocycles. The zero-order chi connectivity index (χ0) is 16.0. The maximum Gasteiger partial charge on any atom is 0.227 e. The molecule has 2 amide bonds. The number of nitrogens with zero attached hydrogens (tertiary/aromatic N) is 2. The molecule has 1 aliphatic carbocycles. The van der Waals surface area contributed by atoms with E-state index in [1.165, 1.54) is 0 Å². The maximum atomic E-state index is 12.9. The summed E-state index contributed by atoms with van der Waals surface area (Å²) in [5.74, 6) is 1.65. The number of rotatable bonds is 2. The van der Waals surface area contributed by atoms with E-state index in [2.05, 4.69) is 6.92 Å². The van der Waals surface area contributed by atoms with E-state index in [0.29, 0.717) is 24.9 Å². The van der Waals surface area contributed by atoms with Crippen LogP contribution in [0.25, 0.3) is 0 Å². The van der Waals surface area contributed by atoms with Crippen molar-refractivity contribution in [2.75, 3.05) is 32.8 Å². The molecule has 5 nitrogen and oxygen atoms in total. The van der Waals surface area contributed by atoms with Gasteiger partial charge in [0.05, 0.1) is 12.0 Å². The third-order valence-corrected chi connectivity index (χ3v) is 6.36. The van der Waals surface area contributed by atoms with Gasteiger partial charge < -0.3 is 14.5 Å². The van der Waals surface area contributed by atoms with Crippen molar-refractivity contribution in [3.8, 4) is 0 Å². The van der Waals surface area contributed by atoms with Gasteiger partial charge in [-0.3, -0.25) is 9.59 Å². The number of ether oxygens (including phenoxy) is 1. The van der Waals surface area contributed by atoms with Crippen LogP contribution in [-0.4, -0.2) is 60.5 Å². The van der Waals surface area contributed by atoms with Crippen molar-refractivity contribution in [2.24, 2.45) is 23.7 Å². The smallest absolute Gasteiger partial charge is 0.227 e. The van der Waals surface area contributed by atoms with Crippen LogP contribution in [0.2, 0.25) is 0 Å². The van der Waals surface area contributed by atoms with E-state index in [1.807, 2.05) is 9.80 Å². The molecule has 0 N–H and O–H groups in total. The number of fused-ring (bicyclic) bond motifs is 1. The predicted molar refractivity (Wildman–Crippen MR) is 85.6 cm³/mol. The van der Waals surface area contributed by atoms with Crippen molar-refractivity contribution < 1.29 is 14.3 Å². The van der Waals surface area contributed by atoms with E-state index in [9.17, 15) is 9.59 Å². The van der Waals surface area contributed by atoms with Crippen molar-refractivity contribution in [3.05, 3.63) is 0 Å². The highest BCUT2D eigenvalue weighted by Gasteiger charge is 2.47. The lowest BCUT2D eigenvalue weighted by Crippen LogP contribution is -2.56. The van der Waals surface area contributed by atoms with Crippen molar-refractivity contribution in [1.82, 2.24) is 9.80 Å². The molecule has 4 rings (SSSR count). The van der Waals surface area contributed by atoms with Crippen molar-refractivity contribution >= 4 is 11.8 Å². The Morgan fingerprint density at radius 1 is 1.00 bits per heavy atom. The normalized spacial score (nSPS) is 40.0. The summed E-state index contributed by atoms with van der Waals surface area (Å²) >= 11 is 0. The largest absolute Gasteiger partial charge is 0.376 e. The van der Waals surface area contributed by atoms with Crippen LogP contribution in [0.3, 0.4) is 0 Å². The van der Waals surface area contributed by atoms with E-state index in [4.69, 9.17) is 4.74 Å². The third-order valence-electron chi connectivity index (χ3n) is 6.36. The Kier molecular flexibility index (Phi) is 4.08. The van der Waals surface area contributed by atoms with E-state index in [1.54, 1.807) is 0 Å². The second-order valence-electron chi connectivity index (χ2n) is 8.02. The summed E-state index contributed by atoms with van der Waals surface area (Å²) < 4.78 is 5.87. The van der Waals surface area contributed by atoms with Crippen LogP contribution in [0.15, 0.2) is 0 Å². The van der Waals surface area contributed by atoms with Gasteiger partial charge in [-0.05, 0) is 38.0 Å². The van der Waals surface area contributed by atoms with Gasteiger partial charge in [0, 0.05) is 44.6 Å². The number of carbonyl (C=O) groups is 2. The van der Waals surface area contributed by atoms with Crippen LogP contribution in [0.1, 0.15) is 39.0 Å². The van der Waals surface area contributed by atoms with Crippen LogP contribution in [0, 0.1) is 23.7 Å². The first-order chi connectivity index (χ1) is 11.1. The van der Waals surface area contributed by atoms with Gasteiger partial charge in [-0.1, -0.05) is 6.92 Å². The number of piperidine rings is 1. The van der Waals surface area contributed by atoms with Gasteiger partial charge in [-0.15, -0.1) is 0 Å². The first-order valence-electron chi connectivity index (χ1n) is 9.32. The molecular weight excluding hydrogens is 292 g/mol. The fourth-order valence-electron chi connectivity index (χ4n) is 4.95. The molecule has 5 heteroatoms. The zero-order valence-electron chi connectivity index (χ0n) is 14.1. The topological polar surface area (TPSA) is 49.9 Å². The number of likely N-dealkylation sites (tertiary alicyclic amines) is 2. The molecule has 1 saturated carbocycles. The molecule has 0 bridgehead atoms. The highest BCUT2D eigenvalue weighted by molar-refractivity contribution is 5.83. The second-order valence-corrected chi connectivity index (χ2v) is 8.02. The van der Waals surface area contributed by atoms with Crippen LogP contribution in [-0.2, 0) is 14.3 Å². The van der Waals surface area contributed by atoms with Gasteiger partial charge in [-0.2, -0.15) is 0 Å². The molecule has 23 heavy (non-hydrogen) atoms. The number of hydrogen-bond acceptors (Lipinski definition) is 3. The fourth-order valence-corrected chi connectivity index (χ4v) is 4.95. The van der Waals surface area contributed by atoms with Crippen LogP contribution < -0.4 is 0 Å². The van der Waals surface area contributed by atoms with E-state index >= 15 is 0 Å². The highest BCUT2D eigenvalue weighted by atomic mass is 16.5. The molecule has 3 atom stereocenters. The summed E-state index contributed by atoms with van der Waals surface area (Å²) in [4.78, 5) is 29.7. The molecule has 4 fully saturated rings. The third kappa shape index (κ3) is 2.77. The van der Waals surface area contributed by atoms with Gasteiger partial charge in [0.1, 0.15) is 0 Å². The van der Waals surface area contributed by atoms with E-state index < -0.39 is 0 Å². The molecule has 0 radical (unpaired) electrons. The first-order valence-corrected chi connectivity index (χ1v) is 9.32. The lowest BCUT2D eigenvalue weighted by molar-refractivity contribution is -0.151. The van der Waals surface area contributed by atoms with Crippen molar-refractivity contribution in [2.45, 2.75) is 45.1 Å². The van der Waals surface area contributed by atoms with Crippen LogP contribution in [0.4, 0.5) is 0 Å². The fraction of sp³-hybridized carbons (Fsp3) is 0.889. The minimum atomic E-state index is -0.0456. The summed E-state index contributed by atoms with van der Waals surface area (Å²) in [6, 6.07) is 0. The first kappa shape index (κ1) is 15.4. The molecule has 3 heterocycles. The lowest BCUT2D eigenvalue weighted by Gasteiger charge is -2.43. The number of carbonyl (C=O) groups excluding carboxylic acids is 2. The number of amides is 2. The summed E-state index contributed by atoms with van der Waals surface area (Å²) in [6.45, 7) is 6.03. The van der Waals surface area contributed by atoms with E-state index in [-0.39, 0.29) is 29.8 Å². The van der Waals surface area contributed by atoms with Crippen molar-refractivity contribution in [3.63, 3.8) is 0 Å². The quantitative estimate of drug-likeness (QED) is 0.775. The Labute approximate surface area is 138 Å². The van der Waals surface area contributed by atoms with Crippen LogP contribution >= 0.6 is 0 Å². The summed E-state index contributed by atoms with van der Waals surface area (Å²) in [5.41, 5.74) is 0. The maximum absolute atomic E-state index is 12.9. The Morgan fingerprint density at radius 2 is 1.74 bits per heavy atom. The molecule has 4 aliphatic rings. The van der Waals surface area contributed by atoms with Crippen molar-refractivity contribution in [1.29, 1.82) is 0 Å². The average molecular weight is 320 g/mol. The molecule has 0 aromatic heterocycles. The van der Waals surface area contributed by atoms with Gasteiger partial charge in [0.15, 0.2) is 0 Å². The van der Waals surface area contributed by atoms with Gasteiger partial charge in [0.25, 0.3) is 0 Å². The summed E-state index contributed by atoms with van der Waals surface area (Å²) in [5, 5.41) is 0. The Morgan fingerprint density at radius 3 is 2.43 bits per heavy atom. The van der Waals surface area contributed by atoms with Gasteiger partial charge in [0.2, 0.25) is 11.8 Å². The van der Waals surface area contributed by atoms with Gasteiger partial charge in [-0.25, -0.2) is 0 Å². The second kappa shape index (κ2) is 6.08. The molecular formula is C18H28N2O3. The minimum absolute atomic E-state index is 0.0456.